The molecule has 0 fully saturated rings. The molecule has 11 heteroatoms. The zero-order chi connectivity index (χ0) is 28.4. The van der Waals surface area contributed by atoms with E-state index in [1.165, 1.54) is 17.0 Å². The predicted octanol–water partition coefficient (Wildman–Crippen LogP) is 6.86. The number of hydrogen-bond acceptors (Lipinski definition) is 5. The smallest absolute Gasteiger partial charge is 0.416 e. The van der Waals surface area contributed by atoms with Crippen LogP contribution in [-0.2, 0) is 11.0 Å². The number of carbonyl (C=O) groups is 1. The van der Waals surface area contributed by atoms with Crippen LogP contribution in [-0.4, -0.2) is 15.7 Å². The van der Waals surface area contributed by atoms with Gasteiger partial charge in [0.25, 0.3) is 5.91 Å². The Hall–Kier alpha value is -5.14. The third-order valence-electron chi connectivity index (χ3n) is 5.87. The Kier molecular flexibility index (Phi) is 6.98. The van der Waals surface area contributed by atoms with E-state index in [1.54, 1.807) is 60.7 Å². The van der Waals surface area contributed by atoms with Crippen LogP contribution in [0.4, 0.5) is 18.9 Å². The standard InChI is InChI=1S/C29H16ClF3N4O3/c30-23-11-10-20(29(31,32)33)14-24(23)35-27(38)18(15-34)12-19-16-37(21-7-2-1-3-8-21)36-26(19)22-13-17-6-4-5-9-25(17)40-28(22)39/h1-14,16H,(H,35,38). The Morgan fingerprint density at radius 2 is 1.77 bits per heavy atom. The van der Waals surface area contributed by atoms with Crippen molar-refractivity contribution in [1.82, 2.24) is 9.78 Å². The van der Waals surface area contributed by atoms with Gasteiger partial charge in [-0.3, -0.25) is 4.79 Å². The second kappa shape index (κ2) is 10.6. The number of alkyl halides is 3. The highest BCUT2D eigenvalue weighted by Crippen LogP contribution is 2.34. The van der Waals surface area contributed by atoms with E-state index in [4.69, 9.17) is 16.0 Å². The minimum absolute atomic E-state index is 0.0817. The van der Waals surface area contributed by atoms with Gasteiger partial charge < -0.3 is 9.73 Å². The van der Waals surface area contributed by atoms with E-state index in [0.717, 1.165) is 12.1 Å². The minimum Gasteiger partial charge on any atom is -0.422 e. The molecule has 0 aliphatic heterocycles. The molecular weight excluding hydrogens is 545 g/mol. The number of nitriles is 1. The number of fused-ring (bicyclic) bond motifs is 1. The molecule has 0 spiro atoms. The van der Waals surface area contributed by atoms with Crippen molar-refractivity contribution in [1.29, 1.82) is 5.26 Å². The first kappa shape index (κ1) is 26.5. The van der Waals surface area contributed by atoms with E-state index in [-0.39, 0.29) is 27.5 Å². The maximum absolute atomic E-state index is 13.2. The Labute approximate surface area is 229 Å². The van der Waals surface area contributed by atoms with E-state index in [1.807, 2.05) is 6.07 Å². The molecule has 0 atom stereocenters. The van der Waals surface area contributed by atoms with E-state index >= 15 is 0 Å². The van der Waals surface area contributed by atoms with Gasteiger partial charge in [0.15, 0.2) is 0 Å². The van der Waals surface area contributed by atoms with Gasteiger partial charge in [-0.2, -0.15) is 23.5 Å². The van der Waals surface area contributed by atoms with Gasteiger partial charge in [-0.05, 0) is 48.5 Å². The summed E-state index contributed by atoms with van der Waals surface area (Å²) in [6.45, 7) is 0. The van der Waals surface area contributed by atoms with E-state index < -0.39 is 28.8 Å². The molecule has 0 saturated carbocycles. The number of carbonyl (C=O) groups excluding carboxylic acids is 1. The number of aromatic nitrogens is 2. The predicted molar refractivity (Wildman–Crippen MR) is 144 cm³/mol. The van der Waals surface area contributed by atoms with Gasteiger partial charge in [0.1, 0.15) is 22.9 Å². The van der Waals surface area contributed by atoms with Crippen molar-refractivity contribution in [2.75, 3.05) is 5.32 Å². The lowest BCUT2D eigenvalue weighted by atomic mass is 10.1. The number of halogens is 4. The fraction of sp³-hybridized carbons (Fsp3) is 0.0345. The molecular formula is C29H16ClF3N4O3. The van der Waals surface area contributed by atoms with Gasteiger partial charge in [-0.25, -0.2) is 9.48 Å². The number of para-hydroxylation sites is 2. The van der Waals surface area contributed by atoms with Crippen LogP contribution in [0.5, 0.6) is 0 Å². The molecule has 7 nitrogen and oxygen atoms in total. The molecule has 2 heterocycles. The largest absolute Gasteiger partial charge is 0.422 e. The Morgan fingerprint density at radius 3 is 2.50 bits per heavy atom. The Balaban J connectivity index is 1.60. The molecule has 0 radical (unpaired) electrons. The summed E-state index contributed by atoms with van der Waals surface area (Å²) in [6, 6.07) is 21.6. The highest BCUT2D eigenvalue weighted by molar-refractivity contribution is 6.34. The van der Waals surface area contributed by atoms with E-state index in [0.29, 0.717) is 22.7 Å². The van der Waals surface area contributed by atoms with Crippen molar-refractivity contribution in [3.63, 3.8) is 0 Å². The summed E-state index contributed by atoms with van der Waals surface area (Å²) < 4.78 is 46.4. The van der Waals surface area contributed by atoms with Gasteiger partial charge in [-0.15, -0.1) is 0 Å². The lowest BCUT2D eigenvalue weighted by molar-refractivity contribution is -0.137. The van der Waals surface area contributed by atoms with Crippen LogP contribution in [0.25, 0.3) is 34.0 Å². The number of benzene rings is 3. The summed E-state index contributed by atoms with van der Waals surface area (Å²) >= 11 is 6.00. The topological polar surface area (TPSA) is 101 Å². The molecule has 3 aromatic carbocycles. The molecule has 40 heavy (non-hydrogen) atoms. The number of nitrogens with zero attached hydrogens (tertiary/aromatic N) is 3. The first-order valence-corrected chi connectivity index (χ1v) is 12.0. The first-order valence-electron chi connectivity index (χ1n) is 11.6. The van der Waals surface area contributed by atoms with E-state index in [9.17, 15) is 28.0 Å². The molecule has 0 unspecified atom stereocenters. The van der Waals surface area contributed by atoms with Crippen LogP contribution in [0.3, 0.4) is 0 Å². The zero-order valence-corrected chi connectivity index (χ0v) is 21.0. The second-order valence-corrected chi connectivity index (χ2v) is 8.92. The fourth-order valence-corrected chi connectivity index (χ4v) is 4.10. The van der Waals surface area contributed by atoms with Crippen molar-refractivity contribution in [3.8, 4) is 23.0 Å². The van der Waals surface area contributed by atoms with Crippen LogP contribution in [0.1, 0.15) is 11.1 Å². The number of rotatable bonds is 5. The number of hydrogen-bond donors (Lipinski definition) is 1. The van der Waals surface area contributed by atoms with Crippen LogP contribution in [0.2, 0.25) is 5.02 Å². The van der Waals surface area contributed by atoms with E-state index in [2.05, 4.69) is 10.4 Å². The van der Waals surface area contributed by atoms with Gasteiger partial charge in [0.2, 0.25) is 0 Å². The molecule has 0 aliphatic carbocycles. The quantitative estimate of drug-likeness (QED) is 0.144. The normalized spacial score (nSPS) is 11.8. The average molecular weight is 561 g/mol. The summed E-state index contributed by atoms with van der Waals surface area (Å²) in [5.41, 5.74) is -1.08. The van der Waals surface area contributed by atoms with Gasteiger partial charge in [-0.1, -0.05) is 48.0 Å². The Bertz CT molecular complexity index is 1890. The molecule has 1 N–H and O–H groups in total. The third kappa shape index (κ3) is 5.36. The monoisotopic (exact) mass is 560 g/mol. The van der Waals surface area contributed by atoms with Crippen LogP contribution >= 0.6 is 11.6 Å². The minimum atomic E-state index is -4.67. The molecule has 0 bridgehead atoms. The number of amides is 1. The van der Waals surface area contributed by atoms with Crippen LogP contribution in [0, 0.1) is 11.3 Å². The molecule has 5 rings (SSSR count). The fourth-order valence-electron chi connectivity index (χ4n) is 3.93. The summed E-state index contributed by atoms with van der Waals surface area (Å²) in [4.78, 5) is 25.9. The number of nitrogens with one attached hydrogen (secondary N) is 1. The highest BCUT2D eigenvalue weighted by atomic mass is 35.5. The molecule has 2 aromatic heterocycles. The van der Waals surface area contributed by atoms with Crippen LogP contribution in [0.15, 0.2) is 99.8 Å². The van der Waals surface area contributed by atoms with Crippen molar-refractivity contribution in [3.05, 3.63) is 117 Å². The van der Waals surface area contributed by atoms with Crippen molar-refractivity contribution >= 4 is 40.2 Å². The van der Waals surface area contributed by atoms with Crippen LogP contribution < -0.4 is 10.9 Å². The average Bonchev–Trinajstić information content (AvgIpc) is 3.36. The van der Waals surface area contributed by atoms with Crippen molar-refractivity contribution in [2.24, 2.45) is 0 Å². The van der Waals surface area contributed by atoms with Crippen molar-refractivity contribution < 1.29 is 22.4 Å². The zero-order valence-electron chi connectivity index (χ0n) is 20.2. The summed E-state index contributed by atoms with van der Waals surface area (Å²) in [7, 11) is 0. The maximum atomic E-state index is 13.2. The SMILES string of the molecule is N#CC(=Cc1cn(-c2ccccc2)nc1-c1cc2ccccc2oc1=O)C(=O)Nc1cc(C(F)(F)F)ccc1Cl. The second-order valence-electron chi connectivity index (χ2n) is 8.51. The lowest BCUT2D eigenvalue weighted by Gasteiger charge is -2.11. The van der Waals surface area contributed by atoms with Crippen molar-refractivity contribution in [2.45, 2.75) is 6.18 Å². The summed E-state index contributed by atoms with van der Waals surface area (Å²) in [5.74, 6) is -1.01. The number of anilines is 1. The summed E-state index contributed by atoms with van der Waals surface area (Å²) in [5, 5.41) is 17.0. The highest BCUT2D eigenvalue weighted by Gasteiger charge is 2.31. The third-order valence-corrected chi connectivity index (χ3v) is 6.20. The molecule has 5 aromatic rings. The first-order chi connectivity index (χ1) is 19.1. The van der Waals surface area contributed by atoms with Gasteiger partial charge in [0.05, 0.1) is 27.5 Å². The summed E-state index contributed by atoms with van der Waals surface area (Å²) in [6.07, 6.45) is -1.96. The Morgan fingerprint density at radius 1 is 1.05 bits per heavy atom. The molecule has 1 amide bonds. The van der Waals surface area contributed by atoms with Gasteiger partial charge >= 0.3 is 11.8 Å². The molecule has 0 saturated heterocycles. The lowest BCUT2D eigenvalue weighted by Crippen LogP contribution is -2.15. The van der Waals surface area contributed by atoms with Gasteiger partial charge in [0, 0.05) is 17.1 Å². The maximum Gasteiger partial charge on any atom is 0.416 e. The molecule has 0 aliphatic rings. The molecule has 198 valence electrons.